The Kier molecular flexibility index (Phi) is 9.85. The van der Waals surface area contributed by atoms with Gasteiger partial charge >= 0.3 is 6.18 Å². The van der Waals surface area contributed by atoms with E-state index in [2.05, 4.69) is 16.0 Å². The number of anilines is 2. The number of piperazine rings is 1. The summed E-state index contributed by atoms with van der Waals surface area (Å²) in [5.74, 6) is -3.84. The molecule has 40 heavy (non-hydrogen) atoms. The summed E-state index contributed by atoms with van der Waals surface area (Å²) >= 11 is 6.17. The third-order valence-corrected chi connectivity index (χ3v) is 7.44. The third kappa shape index (κ3) is 7.82. The maximum Gasteiger partial charge on any atom is 0.390 e. The van der Waals surface area contributed by atoms with Crippen molar-refractivity contribution in [3.63, 3.8) is 0 Å². The van der Waals surface area contributed by atoms with Crippen LogP contribution in [-0.2, 0) is 11.3 Å². The van der Waals surface area contributed by atoms with Crippen LogP contribution in [0.15, 0.2) is 30.3 Å². The van der Waals surface area contributed by atoms with Crippen molar-refractivity contribution in [2.45, 2.75) is 32.0 Å². The van der Waals surface area contributed by atoms with Crippen LogP contribution in [0, 0.1) is 17.6 Å². The molecule has 2 aromatic rings. The highest BCUT2D eigenvalue weighted by atomic mass is 35.5. The monoisotopic (exact) mass is 587 g/mol. The van der Waals surface area contributed by atoms with E-state index in [0.29, 0.717) is 55.4 Å². The van der Waals surface area contributed by atoms with Gasteiger partial charge in [0.1, 0.15) is 0 Å². The Bertz CT molecular complexity index is 1210. The predicted molar refractivity (Wildman–Crippen MR) is 143 cm³/mol. The van der Waals surface area contributed by atoms with Crippen molar-refractivity contribution in [1.29, 1.82) is 0 Å². The van der Waals surface area contributed by atoms with Crippen molar-refractivity contribution < 1.29 is 31.5 Å². The molecule has 2 amide bonds. The molecule has 0 aromatic heterocycles. The summed E-state index contributed by atoms with van der Waals surface area (Å²) in [6.45, 7) is 2.68. The van der Waals surface area contributed by atoms with Gasteiger partial charge in [0, 0.05) is 55.8 Å². The molecule has 0 spiro atoms. The Morgan fingerprint density at radius 2 is 1.70 bits per heavy atom. The Hall–Kier alpha value is -2.96. The molecule has 0 unspecified atom stereocenters. The van der Waals surface area contributed by atoms with Crippen molar-refractivity contribution in [3.8, 4) is 0 Å². The quantitative estimate of drug-likeness (QED) is 0.395. The third-order valence-electron chi connectivity index (χ3n) is 7.20. The minimum absolute atomic E-state index is 0.0769. The van der Waals surface area contributed by atoms with Crippen LogP contribution >= 0.6 is 11.6 Å². The van der Waals surface area contributed by atoms with Gasteiger partial charge in [-0.1, -0.05) is 17.7 Å². The van der Waals surface area contributed by atoms with Crippen LogP contribution in [0.3, 0.4) is 0 Å². The number of benzene rings is 2. The first kappa shape index (κ1) is 30.0. The van der Waals surface area contributed by atoms with E-state index in [9.17, 15) is 31.5 Å². The average molecular weight is 588 g/mol. The highest BCUT2D eigenvalue weighted by molar-refractivity contribution is 6.31. The van der Waals surface area contributed by atoms with Crippen molar-refractivity contribution in [3.05, 3.63) is 58.1 Å². The summed E-state index contributed by atoms with van der Waals surface area (Å²) in [5, 5.41) is 8.78. The lowest BCUT2D eigenvalue weighted by Crippen LogP contribution is -2.47. The highest BCUT2D eigenvalue weighted by Crippen LogP contribution is 2.31. The lowest BCUT2D eigenvalue weighted by atomic mass is 9.97. The molecule has 0 bridgehead atoms. The smallest absolute Gasteiger partial charge is 0.367 e. The number of rotatable bonds is 8. The Balaban J connectivity index is 1.40. The molecule has 0 radical (unpaired) electrons. The van der Waals surface area contributed by atoms with E-state index in [1.54, 1.807) is 11.0 Å². The molecule has 2 fully saturated rings. The second-order valence-corrected chi connectivity index (χ2v) is 10.4. The van der Waals surface area contributed by atoms with Gasteiger partial charge in [0.05, 0.1) is 23.4 Å². The van der Waals surface area contributed by atoms with Crippen LogP contribution in [0.5, 0.6) is 0 Å². The van der Waals surface area contributed by atoms with Gasteiger partial charge in [-0.3, -0.25) is 14.5 Å². The van der Waals surface area contributed by atoms with Gasteiger partial charge in [0.25, 0.3) is 5.91 Å². The van der Waals surface area contributed by atoms with Crippen LogP contribution in [-0.4, -0.2) is 68.7 Å². The highest BCUT2D eigenvalue weighted by Gasteiger charge is 2.29. The van der Waals surface area contributed by atoms with E-state index >= 15 is 0 Å². The summed E-state index contributed by atoms with van der Waals surface area (Å²) in [4.78, 5) is 28.9. The van der Waals surface area contributed by atoms with E-state index in [1.807, 2.05) is 4.90 Å². The van der Waals surface area contributed by atoms with Crippen LogP contribution in [0.1, 0.15) is 35.2 Å². The Labute approximate surface area is 234 Å². The topological polar surface area (TPSA) is 76.7 Å². The zero-order valence-electron chi connectivity index (χ0n) is 21.7. The Morgan fingerprint density at radius 3 is 2.38 bits per heavy atom. The van der Waals surface area contributed by atoms with Gasteiger partial charge in [0.15, 0.2) is 11.6 Å². The summed E-state index contributed by atoms with van der Waals surface area (Å²) in [5.41, 5.74) is 0.237. The van der Waals surface area contributed by atoms with E-state index in [4.69, 9.17) is 11.6 Å². The fraction of sp³-hybridized carbons (Fsp3) is 0.481. The number of halogens is 6. The minimum atomic E-state index is -4.23. The average Bonchev–Trinajstić information content (AvgIpc) is 2.94. The molecule has 2 aliphatic heterocycles. The van der Waals surface area contributed by atoms with Crippen LogP contribution < -0.4 is 20.9 Å². The summed E-state index contributed by atoms with van der Waals surface area (Å²) < 4.78 is 67.5. The molecule has 2 aromatic carbocycles. The van der Waals surface area contributed by atoms with Crippen LogP contribution in [0.25, 0.3) is 0 Å². The zero-order chi connectivity index (χ0) is 28.9. The predicted octanol–water partition coefficient (Wildman–Crippen LogP) is 4.56. The van der Waals surface area contributed by atoms with Crippen molar-refractivity contribution >= 4 is 34.8 Å². The molecule has 0 atom stereocenters. The van der Waals surface area contributed by atoms with E-state index < -0.39 is 35.7 Å². The molecule has 0 saturated carbocycles. The van der Waals surface area contributed by atoms with Gasteiger partial charge < -0.3 is 20.9 Å². The van der Waals surface area contributed by atoms with E-state index in [1.165, 1.54) is 18.2 Å². The number of piperidine rings is 1. The van der Waals surface area contributed by atoms with Gasteiger partial charge in [0.2, 0.25) is 5.91 Å². The lowest BCUT2D eigenvalue weighted by molar-refractivity contribution is -0.138. The zero-order valence-corrected chi connectivity index (χ0v) is 22.5. The number of nitrogens with zero attached hydrogens (tertiary/aromatic N) is 2. The number of hydrogen-bond donors (Lipinski definition) is 3. The van der Waals surface area contributed by atoms with Crippen molar-refractivity contribution in [1.82, 2.24) is 15.5 Å². The number of nitrogens with one attached hydrogen (secondary N) is 3. The number of carbonyl (C=O) groups excluding carboxylic acids is 2. The molecular weight excluding hydrogens is 557 g/mol. The number of alkyl halides is 3. The molecule has 2 heterocycles. The lowest BCUT2D eigenvalue weighted by Gasteiger charge is -2.37. The summed E-state index contributed by atoms with van der Waals surface area (Å²) in [6.07, 6.45) is -3.78. The van der Waals surface area contributed by atoms with Crippen molar-refractivity contribution in [2.75, 3.05) is 56.0 Å². The molecule has 13 heteroatoms. The SMILES string of the molecule is O=C(Nc1ccc(Cl)cc1N1CCN(CCC(F)(F)F)CC1)c1ccc(CNC(=O)C2CCNCC2)c(F)c1F. The number of hydrogen-bond acceptors (Lipinski definition) is 5. The first-order valence-electron chi connectivity index (χ1n) is 13.1. The number of carbonyl (C=O) groups is 2. The maximum atomic E-state index is 14.9. The van der Waals surface area contributed by atoms with E-state index in [0.717, 1.165) is 19.2 Å². The molecule has 3 N–H and O–H groups in total. The van der Waals surface area contributed by atoms with Crippen LogP contribution in [0.2, 0.25) is 5.02 Å². The van der Waals surface area contributed by atoms with Crippen LogP contribution in [0.4, 0.5) is 33.3 Å². The molecule has 2 aliphatic rings. The first-order valence-corrected chi connectivity index (χ1v) is 13.5. The van der Waals surface area contributed by atoms with Gasteiger partial charge in [-0.05, 0) is 50.2 Å². The number of amides is 2. The Morgan fingerprint density at radius 1 is 1.00 bits per heavy atom. The standard InChI is InChI=1S/C27H31ClF5N5O2/c28-19-2-4-21(22(15-19)38-13-11-37(12-14-38)10-7-27(31,32)33)36-26(40)20-3-1-18(23(29)24(20)30)16-35-25(39)17-5-8-34-9-6-17/h1-4,15,17,34H,5-14,16H2,(H,35,39)(H,36,40). The van der Waals surface area contributed by atoms with Crippen molar-refractivity contribution in [2.24, 2.45) is 5.92 Å². The second-order valence-electron chi connectivity index (χ2n) is 9.95. The first-order chi connectivity index (χ1) is 19.0. The summed E-state index contributed by atoms with van der Waals surface area (Å²) in [6, 6.07) is 7.09. The largest absolute Gasteiger partial charge is 0.390 e. The molecular formula is C27H31ClF5N5O2. The molecule has 218 valence electrons. The molecule has 7 nitrogen and oxygen atoms in total. The molecule has 4 rings (SSSR count). The van der Waals surface area contributed by atoms with Gasteiger partial charge in [-0.25, -0.2) is 8.78 Å². The van der Waals surface area contributed by atoms with E-state index in [-0.39, 0.29) is 30.5 Å². The molecule has 0 aliphatic carbocycles. The minimum Gasteiger partial charge on any atom is -0.367 e. The van der Waals surface area contributed by atoms with Gasteiger partial charge in [-0.15, -0.1) is 0 Å². The summed E-state index contributed by atoms with van der Waals surface area (Å²) in [7, 11) is 0. The van der Waals surface area contributed by atoms with Gasteiger partial charge in [-0.2, -0.15) is 13.2 Å². The fourth-order valence-electron chi connectivity index (χ4n) is 4.87. The molecule has 2 saturated heterocycles. The second kappa shape index (κ2) is 13.1. The maximum absolute atomic E-state index is 14.9. The fourth-order valence-corrected chi connectivity index (χ4v) is 5.04. The normalized spacial score (nSPS) is 17.1.